The first-order valence-electron chi connectivity index (χ1n) is 7.38. The maximum atomic E-state index is 13.7. The van der Waals surface area contributed by atoms with Gasteiger partial charge in [-0.25, -0.2) is 13.6 Å². The first kappa shape index (κ1) is 15.5. The maximum absolute atomic E-state index is 13.7. The number of amides is 2. The van der Waals surface area contributed by atoms with Gasteiger partial charge in [-0.1, -0.05) is 11.6 Å². The van der Waals surface area contributed by atoms with Crippen molar-refractivity contribution < 1.29 is 18.3 Å². The number of rotatable bonds is 2. The molecule has 3 rings (SSSR count). The molecular formula is C15H17ClF2N2O2. The number of halogens is 3. The maximum Gasteiger partial charge on any atom is 0.319 e. The summed E-state index contributed by atoms with van der Waals surface area (Å²) in [6.45, 7) is 0.716. The number of nitrogens with one attached hydrogen (secondary N) is 2. The number of carbonyl (C=O) groups is 1. The molecule has 3 atom stereocenters. The van der Waals surface area contributed by atoms with Crippen molar-refractivity contribution in [1.29, 1.82) is 0 Å². The van der Waals surface area contributed by atoms with E-state index in [1.165, 1.54) is 0 Å². The van der Waals surface area contributed by atoms with E-state index >= 15 is 0 Å². The SMILES string of the molecule is O=C(Nc1c(F)cc(F)cc1Cl)NC1CCCC2OCCC12. The average molecular weight is 331 g/mol. The summed E-state index contributed by atoms with van der Waals surface area (Å²) in [6.07, 6.45) is 3.99. The zero-order valence-corrected chi connectivity index (χ0v) is 12.6. The van der Waals surface area contributed by atoms with E-state index in [0.717, 1.165) is 31.7 Å². The third kappa shape index (κ3) is 3.17. The Morgan fingerprint density at radius 3 is 2.86 bits per heavy atom. The molecule has 0 spiro atoms. The number of benzene rings is 1. The Hall–Kier alpha value is -1.40. The van der Waals surface area contributed by atoms with Gasteiger partial charge in [0.1, 0.15) is 5.82 Å². The minimum atomic E-state index is -0.897. The number of hydrogen-bond donors (Lipinski definition) is 2. The van der Waals surface area contributed by atoms with Crippen LogP contribution in [-0.4, -0.2) is 24.8 Å². The zero-order valence-electron chi connectivity index (χ0n) is 11.9. The van der Waals surface area contributed by atoms with Gasteiger partial charge < -0.3 is 15.4 Å². The topological polar surface area (TPSA) is 50.4 Å². The van der Waals surface area contributed by atoms with Gasteiger partial charge in [-0.3, -0.25) is 0 Å². The number of anilines is 1. The lowest BCUT2D eigenvalue weighted by atomic mass is 9.82. The molecule has 2 fully saturated rings. The zero-order chi connectivity index (χ0) is 15.7. The molecule has 4 nitrogen and oxygen atoms in total. The fourth-order valence-corrected chi connectivity index (χ4v) is 3.58. The van der Waals surface area contributed by atoms with Crippen molar-refractivity contribution in [3.05, 3.63) is 28.8 Å². The summed E-state index contributed by atoms with van der Waals surface area (Å²) in [5, 5.41) is 5.06. The minimum absolute atomic E-state index is 0.00327. The Labute approximate surface area is 132 Å². The van der Waals surface area contributed by atoms with E-state index in [2.05, 4.69) is 10.6 Å². The van der Waals surface area contributed by atoms with E-state index in [9.17, 15) is 13.6 Å². The van der Waals surface area contributed by atoms with Crippen LogP contribution in [0.4, 0.5) is 19.3 Å². The van der Waals surface area contributed by atoms with E-state index in [-0.39, 0.29) is 22.9 Å². The lowest BCUT2D eigenvalue weighted by Gasteiger charge is -2.33. The molecule has 22 heavy (non-hydrogen) atoms. The van der Waals surface area contributed by atoms with E-state index in [1.807, 2.05) is 0 Å². The highest BCUT2D eigenvalue weighted by atomic mass is 35.5. The lowest BCUT2D eigenvalue weighted by molar-refractivity contribution is 0.0553. The fourth-order valence-electron chi connectivity index (χ4n) is 3.33. The first-order valence-corrected chi connectivity index (χ1v) is 7.76. The Kier molecular flexibility index (Phi) is 4.49. The van der Waals surface area contributed by atoms with Crippen LogP contribution in [0.1, 0.15) is 25.7 Å². The van der Waals surface area contributed by atoms with Crippen LogP contribution in [0.5, 0.6) is 0 Å². The predicted octanol–water partition coefficient (Wildman–Crippen LogP) is 3.70. The van der Waals surface area contributed by atoms with Crippen molar-refractivity contribution in [3.63, 3.8) is 0 Å². The van der Waals surface area contributed by atoms with Crippen LogP contribution >= 0.6 is 11.6 Å². The van der Waals surface area contributed by atoms with Gasteiger partial charge in [-0.15, -0.1) is 0 Å². The van der Waals surface area contributed by atoms with Gasteiger partial charge >= 0.3 is 6.03 Å². The number of ether oxygens (including phenoxy) is 1. The van der Waals surface area contributed by atoms with Gasteiger partial charge in [0, 0.05) is 24.6 Å². The van der Waals surface area contributed by atoms with E-state index in [1.54, 1.807) is 0 Å². The molecule has 2 aliphatic rings. The van der Waals surface area contributed by atoms with Gasteiger partial charge in [0.05, 0.1) is 16.8 Å². The third-order valence-corrected chi connectivity index (χ3v) is 4.64. The Morgan fingerprint density at radius 1 is 1.27 bits per heavy atom. The standard InChI is InChI=1S/C15H17ClF2N2O2/c16-10-6-8(17)7-11(18)14(10)20-15(21)19-12-2-1-3-13-9(12)4-5-22-13/h6-7,9,12-13H,1-5H2,(H2,19,20,21). The van der Waals surface area contributed by atoms with Gasteiger partial charge in [0.25, 0.3) is 0 Å². The van der Waals surface area contributed by atoms with Crippen LogP contribution in [0.15, 0.2) is 12.1 Å². The van der Waals surface area contributed by atoms with Crippen LogP contribution < -0.4 is 10.6 Å². The van der Waals surface area contributed by atoms with Gasteiger partial charge in [-0.05, 0) is 31.7 Å². The minimum Gasteiger partial charge on any atom is -0.378 e. The molecule has 1 aliphatic carbocycles. The smallest absolute Gasteiger partial charge is 0.319 e. The summed E-state index contributed by atoms with van der Waals surface area (Å²) in [6, 6.07) is 1.11. The molecule has 2 N–H and O–H groups in total. The van der Waals surface area contributed by atoms with Crippen LogP contribution in [0.3, 0.4) is 0 Å². The predicted molar refractivity (Wildman–Crippen MR) is 79.0 cm³/mol. The highest BCUT2D eigenvalue weighted by Gasteiger charge is 2.38. The largest absolute Gasteiger partial charge is 0.378 e. The van der Waals surface area contributed by atoms with Crippen molar-refractivity contribution in [2.75, 3.05) is 11.9 Å². The van der Waals surface area contributed by atoms with E-state index in [4.69, 9.17) is 16.3 Å². The highest BCUT2D eigenvalue weighted by molar-refractivity contribution is 6.33. The molecule has 1 heterocycles. The van der Waals surface area contributed by atoms with Crippen molar-refractivity contribution in [2.45, 2.75) is 37.8 Å². The average Bonchev–Trinajstić information content (AvgIpc) is 2.92. The molecule has 2 amide bonds. The molecule has 1 saturated carbocycles. The molecule has 0 aromatic heterocycles. The molecule has 120 valence electrons. The Bertz CT molecular complexity index is 562. The molecule has 1 saturated heterocycles. The summed E-state index contributed by atoms with van der Waals surface area (Å²) in [5.41, 5.74) is -0.212. The summed E-state index contributed by atoms with van der Waals surface area (Å²) in [5.74, 6) is -1.38. The summed E-state index contributed by atoms with van der Waals surface area (Å²) in [4.78, 5) is 12.1. The number of hydrogen-bond acceptors (Lipinski definition) is 2. The van der Waals surface area contributed by atoms with Crippen molar-refractivity contribution >= 4 is 23.3 Å². The molecule has 0 radical (unpaired) electrons. The molecule has 3 unspecified atom stereocenters. The molecule has 1 aromatic carbocycles. The highest BCUT2D eigenvalue weighted by Crippen LogP contribution is 2.34. The second kappa shape index (κ2) is 6.38. The summed E-state index contributed by atoms with van der Waals surface area (Å²) >= 11 is 5.77. The van der Waals surface area contributed by atoms with Gasteiger partial charge in [0.15, 0.2) is 5.82 Å². The van der Waals surface area contributed by atoms with Crippen molar-refractivity contribution in [2.24, 2.45) is 5.92 Å². The first-order chi connectivity index (χ1) is 10.5. The summed E-state index contributed by atoms with van der Waals surface area (Å²) < 4.78 is 32.3. The van der Waals surface area contributed by atoms with Crippen molar-refractivity contribution in [3.8, 4) is 0 Å². The van der Waals surface area contributed by atoms with E-state index in [0.29, 0.717) is 18.6 Å². The third-order valence-electron chi connectivity index (χ3n) is 4.34. The molecular weight excluding hydrogens is 314 g/mol. The van der Waals surface area contributed by atoms with Crippen LogP contribution in [0.2, 0.25) is 5.02 Å². The van der Waals surface area contributed by atoms with Crippen molar-refractivity contribution in [1.82, 2.24) is 5.32 Å². The van der Waals surface area contributed by atoms with Gasteiger partial charge in [-0.2, -0.15) is 0 Å². The number of fused-ring (bicyclic) bond motifs is 1. The normalized spacial score (nSPS) is 27.3. The summed E-state index contributed by atoms with van der Waals surface area (Å²) in [7, 11) is 0. The molecule has 7 heteroatoms. The van der Waals surface area contributed by atoms with Crippen LogP contribution in [0.25, 0.3) is 0 Å². The molecule has 1 aliphatic heterocycles. The van der Waals surface area contributed by atoms with Crippen LogP contribution in [-0.2, 0) is 4.74 Å². The lowest BCUT2D eigenvalue weighted by Crippen LogP contribution is -2.47. The fraction of sp³-hybridized carbons (Fsp3) is 0.533. The molecule has 0 bridgehead atoms. The second-order valence-electron chi connectivity index (χ2n) is 5.74. The van der Waals surface area contributed by atoms with E-state index < -0.39 is 17.7 Å². The van der Waals surface area contributed by atoms with Gasteiger partial charge in [0.2, 0.25) is 0 Å². The number of carbonyl (C=O) groups excluding carboxylic acids is 1. The Balaban J connectivity index is 1.65. The monoisotopic (exact) mass is 330 g/mol. The molecule has 1 aromatic rings. The number of urea groups is 1. The second-order valence-corrected chi connectivity index (χ2v) is 6.15. The Morgan fingerprint density at radius 2 is 2.09 bits per heavy atom. The van der Waals surface area contributed by atoms with Crippen LogP contribution in [0, 0.1) is 17.6 Å². The quantitative estimate of drug-likeness (QED) is 0.868.